The minimum absolute atomic E-state index is 0.243. The first-order valence-electron chi connectivity index (χ1n) is 19.9. The van der Waals surface area contributed by atoms with E-state index < -0.39 is 5.97 Å². The third-order valence-electron chi connectivity index (χ3n) is 7.46. The molecular formula is C38H76O14. The van der Waals surface area contributed by atoms with E-state index in [4.69, 9.17) is 61.9 Å². The summed E-state index contributed by atoms with van der Waals surface area (Å²) in [6, 6.07) is 0. The molecule has 0 amide bonds. The summed E-state index contributed by atoms with van der Waals surface area (Å²) in [7, 11) is 0. The largest absolute Gasteiger partial charge is 0.480 e. The molecule has 0 aromatic carbocycles. The summed E-state index contributed by atoms with van der Waals surface area (Å²) in [6.45, 7) is 13.6. The van der Waals surface area contributed by atoms with Gasteiger partial charge in [0.15, 0.2) is 0 Å². The maximum absolute atomic E-state index is 10.3. The van der Waals surface area contributed by atoms with Gasteiger partial charge in [0.25, 0.3) is 0 Å². The van der Waals surface area contributed by atoms with Crippen molar-refractivity contribution in [1.29, 1.82) is 0 Å². The summed E-state index contributed by atoms with van der Waals surface area (Å²) in [5, 5.41) is 8.44. The second-order valence-corrected chi connectivity index (χ2v) is 12.1. The summed E-state index contributed by atoms with van der Waals surface area (Å²) < 4.78 is 65.1. The monoisotopic (exact) mass is 757 g/mol. The number of unbranched alkanes of at least 4 members (excludes halogenated alkanes) is 11. The lowest BCUT2D eigenvalue weighted by Crippen LogP contribution is -2.15. The van der Waals surface area contributed by atoms with Crippen molar-refractivity contribution in [1.82, 2.24) is 0 Å². The predicted octanol–water partition coefficient (Wildman–Crippen LogP) is 4.97. The van der Waals surface area contributed by atoms with Gasteiger partial charge in [-0.05, 0) is 6.42 Å². The van der Waals surface area contributed by atoms with Crippen LogP contribution in [0.5, 0.6) is 0 Å². The SMILES string of the molecule is CCCCCCCCCCCCCCOCCOCCOCCOCCOCCOCCOCCOCCOCCOCCOCCOCC(=O)O. The minimum Gasteiger partial charge on any atom is -0.480 e. The van der Waals surface area contributed by atoms with Crippen molar-refractivity contribution in [2.24, 2.45) is 0 Å². The molecule has 0 aliphatic carbocycles. The first-order valence-corrected chi connectivity index (χ1v) is 19.9. The van der Waals surface area contributed by atoms with Gasteiger partial charge in [0.1, 0.15) is 6.61 Å². The fourth-order valence-electron chi connectivity index (χ4n) is 4.62. The van der Waals surface area contributed by atoms with Crippen molar-refractivity contribution in [2.75, 3.05) is 159 Å². The molecule has 1 N–H and O–H groups in total. The van der Waals surface area contributed by atoms with Gasteiger partial charge in [-0.2, -0.15) is 0 Å². The lowest BCUT2D eigenvalue weighted by atomic mass is 10.1. The van der Waals surface area contributed by atoms with Crippen LogP contribution in [-0.2, 0) is 61.6 Å². The molecule has 312 valence electrons. The van der Waals surface area contributed by atoms with E-state index in [-0.39, 0.29) is 13.2 Å². The molecule has 0 radical (unpaired) electrons. The summed E-state index contributed by atoms with van der Waals surface area (Å²) >= 11 is 0. The molecule has 0 fully saturated rings. The fourth-order valence-corrected chi connectivity index (χ4v) is 4.62. The molecule has 0 aromatic rings. The Bertz CT molecular complexity index is 661. The summed E-state index contributed by atoms with van der Waals surface area (Å²) in [4.78, 5) is 10.3. The molecule has 0 aliphatic rings. The molecule has 0 heterocycles. The summed E-state index contributed by atoms with van der Waals surface area (Å²) in [5.74, 6) is -0.994. The van der Waals surface area contributed by atoms with Gasteiger partial charge in [-0.25, -0.2) is 4.79 Å². The van der Waals surface area contributed by atoms with Crippen LogP contribution in [0.25, 0.3) is 0 Å². The molecule has 14 nitrogen and oxygen atoms in total. The molecule has 0 rings (SSSR count). The normalized spacial score (nSPS) is 11.6. The van der Waals surface area contributed by atoms with E-state index in [0.717, 1.165) is 13.0 Å². The van der Waals surface area contributed by atoms with Crippen LogP contribution < -0.4 is 0 Å². The number of carboxylic acids is 1. The Kier molecular flexibility index (Phi) is 47.1. The Morgan fingerprint density at radius 3 is 0.712 bits per heavy atom. The van der Waals surface area contributed by atoms with Crippen LogP contribution in [0.2, 0.25) is 0 Å². The molecule has 0 saturated carbocycles. The standard InChI is InChI=1S/C38H76O14/c1-2-3-4-5-6-7-8-9-10-11-12-13-14-41-15-16-42-17-18-43-19-20-44-21-22-45-23-24-46-25-26-47-27-28-48-29-30-49-31-32-50-33-34-51-35-36-52-37-38(39)40/h2-37H2,1H3,(H,39,40). The molecule has 52 heavy (non-hydrogen) atoms. The van der Waals surface area contributed by atoms with E-state index in [1.165, 1.54) is 70.6 Å². The number of rotatable bonds is 48. The van der Waals surface area contributed by atoms with Gasteiger partial charge in [0.2, 0.25) is 0 Å². The Morgan fingerprint density at radius 2 is 0.481 bits per heavy atom. The van der Waals surface area contributed by atoms with Gasteiger partial charge in [0, 0.05) is 6.61 Å². The van der Waals surface area contributed by atoms with Crippen molar-refractivity contribution >= 4 is 5.97 Å². The lowest BCUT2D eigenvalue weighted by Gasteiger charge is -2.09. The fraction of sp³-hybridized carbons (Fsp3) is 0.974. The molecular weight excluding hydrogens is 680 g/mol. The van der Waals surface area contributed by atoms with E-state index in [0.29, 0.717) is 139 Å². The van der Waals surface area contributed by atoms with Crippen molar-refractivity contribution < 1.29 is 66.7 Å². The molecule has 0 saturated heterocycles. The maximum Gasteiger partial charge on any atom is 0.329 e. The summed E-state index contributed by atoms with van der Waals surface area (Å²) in [5.41, 5.74) is 0. The Morgan fingerprint density at radius 1 is 0.288 bits per heavy atom. The van der Waals surface area contributed by atoms with Gasteiger partial charge >= 0.3 is 5.97 Å². The van der Waals surface area contributed by atoms with Gasteiger partial charge in [-0.1, -0.05) is 77.6 Å². The summed E-state index contributed by atoms with van der Waals surface area (Å²) in [6.07, 6.45) is 16.3. The van der Waals surface area contributed by atoms with Crippen LogP contribution in [0.3, 0.4) is 0 Å². The average molecular weight is 757 g/mol. The van der Waals surface area contributed by atoms with Crippen LogP contribution >= 0.6 is 0 Å². The van der Waals surface area contributed by atoms with Gasteiger partial charge in [-0.3, -0.25) is 0 Å². The highest BCUT2D eigenvalue weighted by Crippen LogP contribution is 2.11. The first-order chi connectivity index (χ1) is 25.8. The van der Waals surface area contributed by atoms with Crippen LogP contribution in [0.4, 0.5) is 0 Å². The molecule has 0 atom stereocenters. The van der Waals surface area contributed by atoms with Crippen LogP contribution in [0.15, 0.2) is 0 Å². The molecule has 14 heteroatoms. The Labute approximate surface area is 315 Å². The van der Waals surface area contributed by atoms with E-state index in [1.54, 1.807) is 0 Å². The second-order valence-electron chi connectivity index (χ2n) is 12.1. The third kappa shape index (κ3) is 49.0. The Hall–Kier alpha value is -1.01. The minimum atomic E-state index is -0.994. The van der Waals surface area contributed by atoms with Crippen molar-refractivity contribution in [3.05, 3.63) is 0 Å². The zero-order chi connectivity index (χ0) is 37.5. The van der Waals surface area contributed by atoms with Crippen LogP contribution in [-0.4, -0.2) is 170 Å². The number of aliphatic carboxylic acids is 1. The van der Waals surface area contributed by atoms with Gasteiger partial charge in [0.05, 0.1) is 145 Å². The molecule has 0 bridgehead atoms. The van der Waals surface area contributed by atoms with Crippen molar-refractivity contribution in [3.8, 4) is 0 Å². The van der Waals surface area contributed by atoms with E-state index >= 15 is 0 Å². The first kappa shape index (κ1) is 51.0. The van der Waals surface area contributed by atoms with Crippen molar-refractivity contribution in [2.45, 2.75) is 84.0 Å². The van der Waals surface area contributed by atoms with E-state index in [9.17, 15) is 4.79 Å². The number of carboxylic acid groups (broad SMARTS) is 1. The zero-order valence-electron chi connectivity index (χ0n) is 32.7. The van der Waals surface area contributed by atoms with Gasteiger partial charge in [-0.15, -0.1) is 0 Å². The smallest absolute Gasteiger partial charge is 0.329 e. The van der Waals surface area contributed by atoms with Crippen LogP contribution in [0.1, 0.15) is 84.0 Å². The zero-order valence-corrected chi connectivity index (χ0v) is 32.7. The van der Waals surface area contributed by atoms with E-state index in [2.05, 4.69) is 6.92 Å². The topological polar surface area (TPSA) is 148 Å². The molecule has 0 unspecified atom stereocenters. The molecule has 0 aromatic heterocycles. The van der Waals surface area contributed by atoms with Crippen molar-refractivity contribution in [3.63, 3.8) is 0 Å². The number of carbonyl (C=O) groups is 1. The third-order valence-corrected chi connectivity index (χ3v) is 7.46. The number of hydrogen-bond acceptors (Lipinski definition) is 13. The average Bonchev–Trinajstić information content (AvgIpc) is 3.14. The second kappa shape index (κ2) is 48.0. The molecule has 0 spiro atoms. The molecule has 0 aliphatic heterocycles. The number of hydrogen-bond donors (Lipinski definition) is 1. The van der Waals surface area contributed by atoms with E-state index in [1.807, 2.05) is 0 Å². The Balaban J connectivity index is 3.05. The lowest BCUT2D eigenvalue weighted by molar-refractivity contribution is -0.142. The highest BCUT2D eigenvalue weighted by Gasteiger charge is 1.99. The predicted molar refractivity (Wildman–Crippen MR) is 199 cm³/mol. The number of ether oxygens (including phenoxy) is 12. The van der Waals surface area contributed by atoms with Crippen LogP contribution in [0, 0.1) is 0 Å². The highest BCUT2D eigenvalue weighted by molar-refractivity contribution is 5.67. The quantitative estimate of drug-likeness (QED) is 0.0833. The highest BCUT2D eigenvalue weighted by atomic mass is 16.6. The van der Waals surface area contributed by atoms with Gasteiger partial charge < -0.3 is 61.9 Å². The maximum atomic E-state index is 10.3.